The average molecular weight is 441 g/mol. The number of esters is 1. The second-order valence-electron chi connectivity index (χ2n) is 6.02. The van der Waals surface area contributed by atoms with Gasteiger partial charge in [0.1, 0.15) is 6.61 Å². The van der Waals surface area contributed by atoms with E-state index in [1.807, 2.05) is 6.92 Å². The van der Waals surface area contributed by atoms with Gasteiger partial charge < -0.3 is 43.0 Å². The van der Waals surface area contributed by atoms with Crippen LogP contribution in [0.5, 0.6) is 0 Å². The third kappa shape index (κ3) is 25.2. The number of carbonyl (C=O) groups is 1. The molecule has 1 N–H and O–H groups in total. The molecule has 30 heavy (non-hydrogen) atoms. The fraction of sp³-hybridized carbons (Fsp3) is 0.950. The van der Waals surface area contributed by atoms with E-state index in [4.69, 9.17) is 43.0 Å². The molecule has 0 spiro atoms. The zero-order chi connectivity index (χ0) is 22.0. The minimum absolute atomic E-state index is 0.0251. The van der Waals surface area contributed by atoms with E-state index >= 15 is 0 Å². The van der Waals surface area contributed by atoms with E-state index in [2.05, 4.69) is 0 Å². The number of rotatable bonds is 25. The predicted molar refractivity (Wildman–Crippen MR) is 109 cm³/mol. The molecule has 0 fully saturated rings. The molecule has 180 valence electrons. The summed E-state index contributed by atoms with van der Waals surface area (Å²) in [6.45, 7) is 8.40. The minimum atomic E-state index is -0.342. The van der Waals surface area contributed by atoms with Gasteiger partial charge in [-0.2, -0.15) is 0 Å². The molecule has 0 aliphatic rings. The Kier molecular flexibility index (Phi) is 25.4. The monoisotopic (exact) mass is 440 g/mol. The van der Waals surface area contributed by atoms with Gasteiger partial charge in [0.2, 0.25) is 0 Å². The summed E-state index contributed by atoms with van der Waals surface area (Å²) in [5.41, 5.74) is 0. The summed E-state index contributed by atoms with van der Waals surface area (Å²) >= 11 is 0. The van der Waals surface area contributed by atoms with Gasteiger partial charge in [-0.3, -0.25) is 0 Å². The van der Waals surface area contributed by atoms with Crippen LogP contribution in [0.3, 0.4) is 0 Å². The normalized spacial score (nSPS) is 11.1. The summed E-state index contributed by atoms with van der Waals surface area (Å²) in [7, 11) is 0. The van der Waals surface area contributed by atoms with Gasteiger partial charge in [-0.25, -0.2) is 4.79 Å². The Labute approximate surface area is 180 Å². The van der Waals surface area contributed by atoms with Crippen LogP contribution in [0.25, 0.3) is 0 Å². The second-order valence-corrected chi connectivity index (χ2v) is 6.02. The second kappa shape index (κ2) is 26.2. The molecular weight excluding hydrogens is 400 g/mol. The van der Waals surface area contributed by atoms with Gasteiger partial charge in [0.15, 0.2) is 0 Å². The maximum absolute atomic E-state index is 11.3. The van der Waals surface area contributed by atoms with Gasteiger partial charge in [0.25, 0.3) is 0 Å². The highest BCUT2D eigenvalue weighted by Crippen LogP contribution is 1.90. The Balaban J connectivity index is 3.06. The molecular formula is C20H40O10. The van der Waals surface area contributed by atoms with E-state index in [9.17, 15) is 4.79 Å². The number of aliphatic hydroxyl groups excluding tert-OH is 1. The summed E-state index contributed by atoms with van der Waals surface area (Å²) in [4.78, 5) is 11.3. The lowest BCUT2D eigenvalue weighted by molar-refractivity contribution is -0.149. The summed E-state index contributed by atoms with van der Waals surface area (Å²) in [6.07, 6.45) is 1.86. The fourth-order valence-corrected chi connectivity index (χ4v) is 1.91. The molecule has 10 heteroatoms. The van der Waals surface area contributed by atoms with Crippen molar-refractivity contribution >= 4 is 5.97 Å². The van der Waals surface area contributed by atoms with Gasteiger partial charge >= 0.3 is 5.97 Å². The third-order valence-corrected chi connectivity index (χ3v) is 3.45. The highest BCUT2D eigenvalue weighted by molar-refractivity contribution is 5.70. The van der Waals surface area contributed by atoms with Gasteiger partial charge in [-0.1, -0.05) is 13.3 Å². The van der Waals surface area contributed by atoms with Gasteiger partial charge in [-0.15, -0.1) is 0 Å². The van der Waals surface area contributed by atoms with Gasteiger partial charge in [-0.05, 0) is 6.42 Å². The molecule has 0 aliphatic heterocycles. The van der Waals surface area contributed by atoms with Crippen molar-refractivity contribution in [3.8, 4) is 0 Å². The number of aliphatic hydroxyl groups is 1. The van der Waals surface area contributed by atoms with E-state index in [0.29, 0.717) is 92.5 Å². The van der Waals surface area contributed by atoms with Crippen LogP contribution in [0.2, 0.25) is 0 Å². The van der Waals surface area contributed by atoms with Gasteiger partial charge in [0.05, 0.1) is 99.1 Å². The maximum atomic E-state index is 11.3. The predicted octanol–water partition coefficient (Wildman–Crippen LogP) is 0.438. The zero-order valence-corrected chi connectivity index (χ0v) is 18.3. The van der Waals surface area contributed by atoms with Crippen molar-refractivity contribution in [3.05, 3.63) is 0 Å². The SMILES string of the molecule is CCCCOC(=O)COCCOCCOCCOCCOCCOCCOCCO. The van der Waals surface area contributed by atoms with Crippen LogP contribution in [0.1, 0.15) is 19.8 Å². The lowest BCUT2D eigenvalue weighted by Crippen LogP contribution is -2.17. The first-order valence-electron chi connectivity index (χ1n) is 10.6. The zero-order valence-electron chi connectivity index (χ0n) is 18.3. The quantitative estimate of drug-likeness (QED) is 0.159. The lowest BCUT2D eigenvalue weighted by Gasteiger charge is -2.08. The van der Waals surface area contributed by atoms with Gasteiger partial charge in [0, 0.05) is 0 Å². The number of ether oxygens (including phenoxy) is 8. The van der Waals surface area contributed by atoms with Crippen molar-refractivity contribution in [1.29, 1.82) is 0 Å². The standard InChI is InChI=1S/C20H40O10/c1-2-3-5-30-20(22)19-29-18-17-28-16-15-27-14-13-26-12-11-25-10-9-24-8-7-23-6-4-21/h21H,2-19H2,1H3. The molecule has 0 aromatic heterocycles. The van der Waals surface area contributed by atoms with Crippen molar-refractivity contribution in [2.75, 3.05) is 106 Å². The number of carbonyl (C=O) groups excluding carboxylic acids is 1. The molecule has 0 radical (unpaired) electrons. The largest absolute Gasteiger partial charge is 0.464 e. The molecule has 0 aromatic rings. The van der Waals surface area contributed by atoms with Crippen LogP contribution in [-0.4, -0.2) is 117 Å². The molecule has 0 amide bonds. The summed E-state index contributed by atoms with van der Waals surface area (Å²) < 4.78 is 41.9. The molecule has 0 bridgehead atoms. The Bertz CT molecular complexity index is 344. The van der Waals surface area contributed by atoms with E-state index in [-0.39, 0.29) is 19.2 Å². The number of hydrogen-bond acceptors (Lipinski definition) is 10. The van der Waals surface area contributed by atoms with Crippen LogP contribution in [-0.2, 0) is 42.7 Å². The van der Waals surface area contributed by atoms with Crippen molar-refractivity contribution in [2.45, 2.75) is 19.8 Å². The number of hydrogen-bond donors (Lipinski definition) is 1. The van der Waals surface area contributed by atoms with E-state index in [0.717, 1.165) is 12.8 Å². The molecule has 10 nitrogen and oxygen atoms in total. The van der Waals surface area contributed by atoms with Crippen molar-refractivity contribution in [2.24, 2.45) is 0 Å². The molecule has 0 saturated carbocycles. The molecule has 0 heterocycles. The molecule has 0 atom stereocenters. The molecule has 0 saturated heterocycles. The highest BCUT2D eigenvalue weighted by atomic mass is 16.6. The first-order valence-corrected chi connectivity index (χ1v) is 10.6. The lowest BCUT2D eigenvalue weighted by atomic mass is 10.4. The number of unbranched alkanes of at least 4 members (excludes halogenated alkanes) is 1. The van der Waals surface area contributed by atoms with Crippen LogP contribution in [0.4, 0.5) is 0 Å². The maximum Gasteiger partial charge on any atom is 0.332 e. The van der Waals surface area contributed by atoms with Crippen LogP contribution in [0, 0.1) is 0 Å². The molecule has 0 aliphatic carbocycles. The summed E-state index contributed by atoms with van der Waals surface area (Å²) in [6, 6.07) is 0. The Morgan fingerprint density at radius 3 is 1.30 bits per heavy atom. The highest BCUT2D eigenvalue weighted by Gasteiger charge is 2.02. The van der Waals surface area contributed by atoms with Crippen molar-refractivity contribution < 1.29 is 47.8 Å². The smallest absolute Gasteiger partial charge is 0.332 e. The Morgan fingerprint density at radius 1 is 0.567 bits per heavy atom. The van der Waals surface area contributed by atoms with Crippen LogP contribution >= 0.6 is 0 Å². The van der Waals surface area contributed by atoms with Crippen molar-refractivity contribution in [1.82, 2.24) is 0 Å². The summed E-state index contributed by atoms with van der Waals surface area (Å²) in [5.74, 6) is -0.342. The Hall–Kier alpha value is -0.850. The minimum Gasteiger partial charge on any atom is -0.464 e. The fourth-order valence-electron chi connectivity index (χ4n) is 1.91. The molecule has 0 aromatic carbocycles. The third-order valence-electron chi connectivity index (χ3n) is 3.45. The van der Waals surface area contributed by atoms with E-state index in [1.54, 1.807) is 0 Å². The summed E-state index contributed by atoms with van der Waals surface area (Å²) in [5, 5.41) is 8.53. The van der Waals surface area contributed by atoms with E-state index in [1.165, 1.54) is 0 Å². The molecule has 0 rings (SSSR count). The van der Waals surface area contributed by atoms with Crippen LogP contribution in [0.15, 0.2) is 0 Å². The first-order chi connectivity index (χ1) is 14.8. The first kappa shape index (κ1) is 29.1. The van der Waals surface area contributed by atoms with Crippen LogP contribution < -0.4 is 0 Å². The topological polar surface area (TPSA) is 111 Å². The van der Waals surface area contributed by atoms with Crippen molar-refractivity contribution in [3.63, 3.8) is 0 Å². The Morgan fingerprint density at radius 2 is 0.933 bits per heavy atom. The van der Waals surface area contributed by atoms with E-state index < -0.39 is 0 Å². The average Bonchev–Trinajstić information content (AvgIpc) is 2.75. The molecule has 0 unspecified atom stereocenters.